The van der Waals surface area contributed by atoms with Crippen LogP contribution in [0.15, 0.2) is 34.7 Å². The first-order chi connectivity index (χ1) is 11.1. The Labute approximate surface area is 133 Å². The monoisotopic (exact) mass is 314 g/mol. The Morgan fingerprint density at radius 3 is 2.74 bits per heavy atom. The molecule has 0 saturated carbocycles. The summed E-state index contributed by atoms with van der Waals surface area (Å²) in [5, 5.41) is 7.97. The van der Waals surface area contributed by atoms with Gasteiger partial charge in [0.2, 0.25) is 23.6 Å². The molecule has 3 rings (SSSR count). The number of carbonyl (C=O) groups excluding carboxylic acids is 2. The van der Waals surface area contributed by atoms with Crippen molar-refractivity contribution in [3.05, 3.63) is 36.2 Å². The molecule has 1 aliphatic rings. The molecule has 2 amide bonds. The second kappa shape index (κ2) is 6.60. The van der Waals surface area contributed by atoms with E-state index in [1.807, 2.05) is 30.3 Å². The first kappa shape index (κ1) is 15.2. The van der Waals surface area contributed by atoms with Crippen LogP contribution < -0.4 is 5.73 Å². The summed E-state index contributed by atoms with van der Waals surface area (Å²) in [7, 11) is 0. The molecule has 2 N–H and O–H groups in total. The molecule has 7 nitrogen and oxygen atoms in total. The van der Waals surface area contributed by atoms with Gasteiger partial charge in [0.15, 0.2) is 0 Å². The average Bonchev–Trinajstić information content (AvgIpc) is 3.23. The molecule has 23 heavy (non-hydrogen) atoms. The van der Waals surface area contributed by atoms with Crippen LogP contribution in [0.5, 0.6) is 0 Å². The zero-order valence-corrected chi connectivity index (χ0v) is 12.6. The number of nitrogens with two attached hydrogens (primary N) is 1. The largest absolute Gasteiger partial charge is 0.421 e. The Bertz CT molecular complexity index is 698. The maximum absolute atomic E-state index is 12.1. The fraction of sp³-hybridized carbons (Fsp3) is 0.375. The van der Waals surface area contributed by atoms with Gasteiger partial charge < -0.3 is 15.1 Å². The van der Waals surface area contributed by atoms with E-state index < -0.39 is 0 Å². The molecular formula is C16H18N4O3. The lowest BCUT2D eigenvalue weighted by Gasteiger charge is -2.15. The number of benzene rings is 1. The normalized spacial score (nSPS) is 17.4. The zero-order chi connectivity index (χ0) is 16.2. The number of aromatic nitrogens is 2. The SMILES string of the molecule is NC(=O)C1CCN(C(=O)CCc2nnc(-c3ccccc3)o2)C1. The Morgan fingerprint density at radius 2 is 2.04 bits per heavy atom. The van der Waals surface area contributed by atoms with Crippen LogP contribution in [0, 0.1) is 5.92 Å². The molecule has 2 heterocycles. The minimum atomic E-state index is -0.343. The number of hydrogen-bond acceptors (Lipinski definition) is 5. The van der Waals surface area contributed by atoms with Gasteiger partial charge in [0.25, 0.3) is 0 Å². The number of aryl methyl sites for hydroxylation is 1. The molecule has 1 saturated heterocycles. The van der Waals surface area contributed by atoms with Crippen molar-refractivity contribution in [1.29, 1.82) is 0 Å². The third-order valence-corrected chi connectivity index (χ3v) is 3.98. The molecule has 7 heteroatoms. The predicted molar refractivity (Wildman–Crippen MR) is 81.9 cm³/mol. The summed E-state index contributed by atoms with van der Waals surface area (Å²) in [6.07, 6.45) is 1.30. The first-order valence-corrected chi connectivity index (χ1v) is 7.58. The summed E-state index contributed by atoms with van der Waals surface area (Å²) in [6.45, 7) is 0.985. The standard InChI is InChI=1S/C16H18N4O3/c17-15(22)12-8-9-20(10-12)14(21)7-6-13-18-19-16(23-13)11-4-2-1-3-5-11/h1-5,12H,6-10H2,(H2,17,22). The third-order valence-electron chi connectivity index (χ3n) is 3.98. The van der Waals surface area contributed by atoms with E-state index in [0.29, 0.717) is 37.7 Å². The minimum absolute atomic E-state index is 0.0202. The van der Waals surface area contributed by atoms with Gasteiger partial charge in [0.1, 0.15) is 0 Å². The lowest BCUT2D eigenvalue weighted by molar-refractivity contribution is -0.130. The molecule has 120 valence electrons. The molecule has 1 unspecified atom stereocenters. The number of hydrogen-bond donors (Lipinski definition) is 1. The molecule has 1 aromatic heterocycles. The van der Waals surface area contributed by atoms with E-state index in [9.17, 15) is 9.59 Å². The number of amides is 2. The summed E-state index contributed by atoms with van der Waals surface area (Å²) in [6, 6.07) is 9.47. The van der Waals surface area contributed by atoms with Gasteiger partial charge in [-0.1, -0.05) is 18.2 Å². The smallest absolute Gasteiger partial charge is 0.247 e. The van der Waals surface area contributed by atoms with Gasteiger partial charge in [0.05, 0.1) is 5.92 Å². The van der Waals surface area contributed by atoms with Crippen molar-refractivity contribution in [3.8, 4) is 11.5 Å². The zero-order valence-electron chi connectivity index (χ0n) is 12.6. The molecule has 0 aliphatic carbocycles. The molecule has 2 aromatic rings. The van der Waals surface area contributed by atoms with Crippen molar-refractivity contribution in [2.45, 2.75) is 19.3 Å². The summed E-state index contributed by atoms with van der Waals surface area (Å²) < 4.78 is 5.58. The number of primary amides is 1. The maximum atomic E-state index is 12.1. The van der Waals surface area contributed by atoms with Crippen LogP contribution in [0.4, 0.5) is 0 Å². The van der Waals surface area contributed by atoms with Crippen LogP contribution in [-0.2, 0) is 16.0 Å². The summed E-state index contributed by atoms with van der Waals surface area (Å²) in [5.41, 5.74) is 6.12. The van der Waals surface area contributed by atoms with Crippen LogP contribution in [-0.4, -0.2) is 40.0 Å². The van der Waals surface area contributed by atoms with Crippen molar-refractivity contribution in [3.63, 3.8) is 0 Å². The molecule has 1 fully saturated rings. The fourth-order valence-corrected chi connectivity index (χ4v) is 2.64. The second-order valence-corrected chi connectivity index (χ2v) is 5.59. The molecule has 0 radical (unpaired) electrons. The fourth-order valence-electron chi connectivity index (χ4n) is 2.64. The van der Waals surface area contributed by atoms with Crippen LogP contribution in [0.1, 0.15) is 18.7 Å². The number of carbonyl (C=O) groups is 2. The van der Waals surface area contributed by atoms with E-state index >= 15 is 0 Å². The van der Waals surface area contributed by atoms with E-state index in [-0.39, 0.29) is 24.2 Å². The highest BCUT2D eigenvalue weighted by Gasteiger charge is 2.29. The topological polar surface area (TPSA) is 102 Å². The Balaban J connectivity index is 1.54. The minimum Gasteiger partial charge on any atom is -0.421 e. The summed E-state index contributed by atoms with van der Waals surface area (Å²) >= 11 is 0. The van der Waals surface area contributed by atoms with E-state index in [2.05, 4.69) is 10.2 Å². The average molecular weight is 314 g/mol. The molecule has 0 spiro atoms. The van der Waals surface area contributed by atoms with Crippen LogP contribution >= 0.6 is 0 Å². The lowest BCUT2D eigenvalue weighted by Crippen LogP contribution is -2.31. The number of nitrogens with zero attached hydrogens (tertiary/aromatic N) is 3. The van der Waals surface area contributed by atoms with Crippen molar-refractivity contribution >= 4 is 11.8 Å². The quantitative estimate of drug-likeness (QED) is 0.887. The van der Waals surface area contributed by atoms with Crippen molar-refractivity contribution in [1.82, 2.24) is 15.1 Å². The highest BCUT2D eigenvalue weighted by Crippen LogP contribution is 2.19. The highest BCUT2D eigenvalue weighted by molar-refractivity contribution is 5.81. The van der Waals surface area contributed by atoms with Gasteiger partial charge in [-0.2, -0.15) is 0 Å². The van der Waals surface area contributed by atoms with Gasteiger partial charge in [-0.3, -0.25) is 9.59 Å². The van der Waals surface area contributed by atoms with Crippen LogP contribution in [0.25, 0.3) is 11.5 Å². The van der Waals surface area contributed by atoms with E-state index in [1.54, 1.807) is 4.90 Å². The molecular weight excluding hydrogens is 296 g/mol. The molecule has 1 aromatic carbocycles. The van der Waals surface area contributed by atoms with E-state index in [4.69, 9.17) is 10.2 Å². The first-order valence-electron chi connectivity index (χ1n) is 7.58. The van der Waals surface area contributed by atoms with Crippen LogP contribution in [0.2, 0.25) is 0 Å². The Morgan fingerprint density at radius 1 is 1.26 bits per heavy atom. The van der Waals surface area contributed by atoms with Crippen molar-refractivity contribution in [2.24, 2.45) is 11.7 Å². The second-order valence-electron chi connectivity index (χ2n) is 5.59. The van der Waals surface area contributed by atoms with E-state index in [0.717, 1.165) is 5.56 Å². The Hall–Kier alpha value is -2.70. The van der Waals surface area contributed by atoms with Gasteiger partial charge in [-0.25, -0.2) is 0 Å². The third kappa shape index (κ3) is 3.56. The lowest BCUT2D eigenvalue weighted by atomic mass is 10.1. The highest BCUT2D eigenvalue weighted by atomic mass is 16.4. The van der Waals surface area contributed by atoms with Crippen LogP contribution in [0.3, 0.4) is 0 Å². The summed E-state index contributed by atoms with van der Waals surface area (Å²) in [4.78, 5) is 25.0. The van der Waals surface area contributed by atoms with Crippen molar-refractivity contribution in [2.75, 3.05) is 13.1 Å². The molecule has 0 bridgehead atoms. The van der Waals surface area contributed by atoms with Crippen molar-refractivity contribution < 1.29 is 14.0 Å². The van der Waals surface area contributed by atoms with E-state index in [1.165, 1.54) is 0 Å². The Kier molecular flexibility index (Phi) is 4.36. The predicted octanol–water partition coefficient (Wildman–Crippen LogP) is 1.00. The molecule has 1 atom stereocenters. The van der Waals surface area contributed by atoms with Gasteiger partial charge in [0, 0.05) is 31.5 Å². The number of rotatable bonds is 5. The van der Waals surface area contributed by atoms with Gasteiger partial charge in [-0.15, -0.1) is 10.2 Å². The van der Waals surface area contributed by atoms with Gasteiger partial charge >= 0.3 is 0 Å². The van der Waals surface area contributed by atoms with Gasteiger partial charge in [-0.05, 0) is 18.6 Å². The summed E-state index contributed by atoms with van der Waals surface area (Å²) in [5.74, 6) is 0.288. The molecule has 1 aliphatic heterocycles. The maximum Gasteiger partial charge on any atom is 0.247 e. The number of likely N-dealkylation sites (tertiary alicyclic amines) is 1.